The molecule has 14 heteroatoms. The molecule has 0 spiro atoms. The average molecular weight is 446 g/mol. The maximum atomic E-state index is 10.8. The predicted molar refractivity (Wildman–Crippen MR) is 90.6 cm³/mol. The van der Waals surface area contributed by atoms with E-state index in [0.29, 0.717) is 0 Å². The summed E-state index contributed by atoms with van der Waals surface area (Å²) in [5.41, 5.74) is 0. The first kappa shape index (κ1) is 24.3. The van der Waals surface area contributed by atoms with Crippen LogP contribution in [0, 0.1) is 0 Å². The molecule has 13 nitrogen and oxygen atoms in total. The van der Waals surface area contributed by atoms with Crippen molar-refractivity contribution in [2.45, 2.75) is 74.6 Å². The third-order valence-corrected chi connectivity index (χ3v) is 5.17. The Hall–Kier alpha value is -0.940. The Labute approximate surface area is 168 Å². The molecule has 0 aromatic heterocycles. The summed E-state index contributed by atoms with van der Waals surface area (Å²) in [7, 11) is -0.742. The zero-order chi connectivity index (χ0) is 21.7. The molecular weight excluding hydrogens is 420 g/mol. The third kappa shape index (κ3) is 5.61. The highest BCUT2D eigenvalue weighted by molar-refractivity contribution is 7.67. The molecule has 0 aromatic rings. The molecule has 0 amide bonds. The van der Waals surface area contributed by atoms with Crippen LogP contribution in [-0.4, -0.2) is 106 Å². The molecule has 1 saturated carbocycles. The summed E-state index contributed by atoms with van der Waals surface area (Å²) in [5.74, 6) is 0. The lowest BCUT2D eigenvalue weighted by Crippen LogP contribution is -2.63. The number of hydrogen-bond acceptors (Lipinski definition) is 13. The van der Waals surface area contributed by atoms with Crippen LogP contribution in [0.25, 0.3) is 0 Å². The molecule has 1 aliphatic carbocycles. The summed E-state index contributed by atoms with van der Waals surface area (Å²) in [6.45, 7) is 1.71. The molecule has 2 rings (SSSR count). The maximum Gasteiger partial charge on any atom is 0.293 e. The van der Waals surface area contributed by atoms with Crippen molar-refractivity contribution in [2.75, 3.05) is 14.2 Å². The van der Waals surface area contributed by atoms with Gasteiger partial charge in [0.15, 0.2) is 12.4 Å². The Morgan fingerprint density at radius 3 is 2.21 bits per heavy atom. The molecule has 0 radical (unpaired) electrons. The molecule has 10 unspecified atom stereocenters. The topological polar surface area (TPSA) is 177 Å². The highest BCUT2D eigenvalue weighted by atomic mass is 32.2. The van der Waals surface area contributed by atoms with E-state index in [2.05, 4.69) is 4.33 Å². The Morgan fingerprint density at radius 2 is 1.66 bits per heavy atom. The molecule has 0 aromatic carbocycles. The van der Waals surface area contributed by atoms with Gasteiger partial charge < -0.3 is 39.0 Å². The van der Waals surface area contributed by atoms with E-state index in [4.69, 9.17) is 28.6 Å². The van der Waals surface area contributed by atoms with Crippen LogP contribution in [0.2, 0.25) is 0 Å². The second-order valence-corrected chi connectivity index (χ2v) is 7.22. The molecular formula is C15H26O13S. The summed E-state index contributed by atoms with van der Waals surface area (Å²) in [4.78, 5) is 15.6. The van der Waals surface area contributed by atoms with Gasteiger partial charge in [-0.1, -0.05) is 0 Å². The van der Waals surface area contributed by atoms with Gasteiger partial charge in [0.2, 0.25) is 0 Å². The van der Waals surface area contributed by atoms with Gasteiger partial charge in [-0.2, -0.15) is 0 Å². The van der Waals surface area contributed by atoms with Gasteiger partial charge in [0.25, 0.3) is 17.5 Å². The monoisotopic (exact) mass is 446 g/mol. The number of hydrogen-bond donors (Lipinski definition) is 4. The molecule has 0 bridgehead atoms. The fourth-order valence-electron chi connectivity index (χ4n) is 3.52. The molecule has 2 aliphatic rings. The normalized spacial score (nSPS) is 43.3. The first-order valence-corrected chi connectivity index (χ1v) is 9.82. The van der Waals surface area contributed by atoms with E-state index in [9.17, 15) is 28.5 Å². The first-order valence-electron chi connectivity index (χ1n) is 8.72. The molecule has 1 heterocycles. The van der Waals surface area contributed by atoms with E-state index in [-0.39, 0.29) is 12.9 Å². The number of methoxy groups -OCH3 is 2. The minimum Gasteiger partial charge on any atom is -0.462 e. The van der Waals surface area contributed by atoms with Crippen LogP contribution in [0.15, 0.2) is 0 Å². The van der Waals surface area contributed by atoms with Crippen LogP contribution in [0.1, 0.15) is 13.3 Å². The van der Waals surface area contributed by atoms with Crippen LogP contribution >= 0.6 is 0 Å². The maximum absolute atomic E-state index is 10.8. The summed E-state index contributed by atoms with van der Waals surface area (Å²) >= 11 is 0. The van der Waals surface area contributed by atoms with Gasteiger partial charge in [-0.05, 0) is 6.92 Å². The van der Waals surface area contributed by atoms with Crippen molar-refractivity contribution in [3.05, 3.63) is 0 Å². The first-order chi connectivity index (χ1) is 13.7. The number of carbonyl (C=O) groups is 1. The van der Waals surface area contributed by atoms with Crippen molar-refractivity contribution in [3.8, 4) is 0 Å². The van der Waals surface area contributed by atoms with E-state index in [0.717, 1.165) is 0 Å². The molecule has 2 fully saturated rings. The Balaban J connectivity index is 2.19. The smallest absolute Gasteiger partial charge is 0.293 e. The number of aliphatic hydroxyl groups excluding tert-OH is 3. The lowest BCUT2D eigenvalue weighted by Gasteiger charge is -2.46. The summed E-state index contributed by atoms with van der Waals surface area (Å²) < 4.78 is 51.8. The van der Waals surface area contributed by atoms with Crippen molar-refractivity contribution in [3.63, 3.8) is 0 Å². The Bertz CT molecular complexity index is 593. The second-order valence-electron chi connectivity index (χ2n) is 6.62. The molecule has 1 aliphatic heterocycles. The minimum atomic E-state index is -3.36. The summed E-state index contributed by atoms with van der Waals surface area (Å²) in [6.07, 6.45) is -12.1. The highest BCUT2D eigenvalue weighted by Crippen LogP contribution is 2.32. The number of rotatable bonds is 9. The van der Waals surface area contributed by atoms with Gasteiger partial charge in [0, 0.05) is 20.6 Å². The lowest BCUT2D eigenvalue weighted by molar-refractivity contribution is -0.372. The Morgan fingerprint density at radius 1 is 0.966 bits per heavy atom. The number of aliphatic hydroxyl groups is 3. The van der Waals surface area contributed by atoms with Gasteiger partial charge in [-0.3, -0.25) is 4.79 Å². The van der Waals surface area contributed by atoms with Crippen LogP contribution in [0.5, 0.6) is 0 Å². The van der Waals surface area contributed by atoms with Crippen LogP contribution in [0.4, 0.5) is 0 Å². The predicted octanol–water partition coefficient (Wildman–Crippen LogP) is -2.98. The number of ether oxygens (including phenoxy) is 5. The van der Waals surface area contributed by atoms with Crippen molar-refractivity contribution in [1.29, 1.82) is 0 Å². The number of carbonyl (C=O) groups excluding carboxylic acids is 1. The lowest BCUT2D eigenvalue weighted by atomic mass is 9.86. The van der Waals surface area contributed by atoms with Gasteiger partial charge in [0.05, 0.1) is 12.2 Å². The molecule has 170 valence electrons. The Kier molecular flexibility index (Phi) is 9.15. The minimum absolute atomic E-state index is 0.0108. The number of thiol groups is 1. The summed E-state index contributed by atoms with van der Waals surface area (Å²) in [6, 6.07) is 0. The second kappa shape index (κ2) is 10.9. The van der Waals surface area contributed by atoms with Crippen molar-refractivity contribution >= 4 is 17.5 Å². The quantitative estimate of drug-likeness (QED) is 0.122. The van der Waals surface area contributed by atoms with Crippen molar-refractivity contribution in [2.24, 2.45) is 0 Å². The van der Waals surface area contributed by atoms with E-state index in [1.807, 2.05) is 0 Å². The average Bonchev–Trinajstić information content (AvgIpc) is 2.68. The van der Waals surface area contributed by atoms with Gasteiger partial charge >= 0.3 is 0 Å². The van der Waals surface area contributed by atoms with Gasteiger partial charge in [-0.25, -0.2) is 13.3 Å². The van der Waals surface area contributed by atoms with E-state index >= 15 is 0 Å². The van der Waals surface area contributed by atoms with Crippen LogP contribution < -0.4 is 0 Å². The third-order valence-electron chi connectivity index (χ3n) is 4.96. The highest BCUT2D eigenvalue weighted by Gasteiger charge is 2.51. The standard InChI is InChI=1S/C15H26O13S/c1-6-12(23-3)14(27-28-29(20)21)11(19)15(25-6)26-13-8(24-5-16)4-7(22-2)9(17)10(13)18/h5-15,17-19,29H,4H2,1-3H3. The fraction of sp³-hybridized carbons (Fsp3) is 0.933. The van der Waals surface area contributed by atoms with E-state index < -0.39 is 72.2 Å². The fourth-order valence-corrected chi connectivity index (χ4v) is 3.69. The van der Waals surface area contributed by atoms with Crippen LogP contribution in [0.3, 0.4) is 0 Å². The largest absolute Gasteiger partial charge is 0.462 e. The van der Waals surface area contributed by atoms with Gasteiger partial charge in [0.1, 0.15) is 36.6 Å². The van der Waals surface area contributed by atoms with E-state index in [1.165, 1.54) is 14.2 Å². The van der Waals surface area contributed by atoms with Crippen molar-refractivity contribution in [1.82, 2.24) is 0 Å². The van der Waals surface area contributed by atoms with Gasteiger partial charge in [-0.15, -0.1) is 4.33 Å². The molecule has 1 saturated heterocycles. The molecule has 3 N–H and O–H groups in total. The van der Waals surface area contributed by atoms with Crippen LogP contribution in [-0.2, 0) is 48.7 Å². The van der Waals surface area contributed by atoms with E-state index in [1.54, 1.807) is 6.92 Å². The SMILES string of the molecule is COC1CC(OC=O)C(OC2OC(C)C(OC)C(OO[SH](=O)=O)C2O)C(O)C1O. The zero-order valence-electron chi connectivity index (χ0n) is 15.9. The van der Waals surface area contributed by atoms with Crippen molar-refractivity contribution < 1.29 is 61.4 Å². The zero-order valence-corrected chi connectivity index (χ0v) is 16.8. The molecule has 29 heavy (non-hydrogen) atoms. The molecule has 10 atom stereocenters. The summed E-state index contributed by atoms with van der Waals surface area (Å²) in [5, 5.41) is 31.1.